The number of ether oxygens (including phenoxy) is 1. The van der Waals surface area contributed by atoms with Crippen LogP contribution in [0.2, 0.25) is 0 Å². The van der Waals surface area contributed by atoms with Gasteiger partial charge in [0.15, 0.2) is 0 Å². The van der Waals surface area contributed by atoms with E-state index in [-0.39, 0.29) is 12.5 Å². The van der Waals surface area contributed by atoms with E-state index in [1.807, 2.05) is 13.8 Å². The molecule has 53 valence electrons. The smallest absolute Gasteiger partial charge is 0.319 e. The van der Waals surface area contributed by atoms with Crippen molar-refractivity contribution in [3.05, 3.63) is 5.92 Å². The molecule has 0 saturated carbocycles. The third-order valence-corrected chi connectivity index (χ3v) is 0.688. The van der Waals surface area contributed by atoms with Gasteiger partial charge in [0.05, 0.1) is 13.2 Å². The van der Waals surface area contributed by atoms with Crippen molar-refractivity contribution >= 4 is 5.97 Å². The minimum absolute atomic E-state index is 0.0344. The summed E-state index contributed by atoms with van der Waals surface area (Å²) in [5.41, 5.74) is 4.97. The topological polar surface area (TPSA) is 52.3 Å². The second-order valence-corrected chi connectivity index (χ2v) is 2.07. The summed E-state index contributed by atoms with van der Waals surface area (Å²) in [6.45, 7) is 4.14. The number of rotatable bonds is 3. The number of esters is 1. The number of hydrogen-bond donors (Lipinski definition) is 1. The molecule has 0 aliphatic heterocycles. The zero-order chi connectivity index (χ0) is 7.28. The molecule has 0 aromatic carbocycles. The Morgan fingerprint density at radius 1 is 1.56 bits per heavy atom. The van der Waals surface area contributed by atoms with Crippen LogP contribution in [0.15, 0.2) is 0 Å². The van der Waals surface area contributed by atoms with Gasteiger partial charge >= 0.3 is 5.97 Å². The van der Waals surface area contributed by atoms with Crippen LogP contribution in [0.25, 0.3) is 0 Å². The summed E-state index contributed by atoms with van der Waals surface area (Å²) in [7, 11) is 0. The third-order valence-electron chi connectivity index (χ3n) is 0.688. The van der Waals surface area contributed by atoms with Gasteiger partial charge < -0.3 is 10.5 Å². The van der Waals surface area contributed by atoms with E-state index in [0.717, 1.165) is 5.92 Å². The van der Waals surface area contributed by atoms with E-state index in [2.05, 4.69) is 4.74 Å². The van der Waals surface area contributed by atoms with E-state index in [0.29, 0.717) is 6.61 Å². The number of hydrogen-bond acceptors (Lipinski definition) is 3. The highest BCUT2D eigenvalue weighted by atomic mass is 16.5. The number of carbonyl (C=O) groups is 1. The fourth-order valence-electron chi connectivity index (χ4n) is 0.284. The summed E-state index contributed by atoms with van der Waals surface area (Å²) >= 11 is 0. The van der Waals surface area contributed by atoms with Crippen LogP contribution >= 0.6 is 0 Å². The second kappa shape index (κ2) is 4.32. The summed E-state index contributed by atoms with van der Waals surface area (Å²) in [4.78, 5) is 10.4. The molecule has 0 rings (SSSR count). The maximum absolute atomic E-state index is 10.4. The van der Waals surface area contributed by atoms with Gasteiger partial charge in [-0.1, -0.05) is 13.8 Å². The minimum atomic E-state index is -0.351. The molecule has 1 radical (unpaired) electrons. The standard InChI is InChI=1S/C6H12NO2/c1-5(2)4-9-6(8)3-7/h3-4,7H2,1-2H3. The van der Waals surface area contributed by atoms with Gasteiger partial charge in [0.25, 0.3) is 0 Å². The normalized spacial score (nSPS) is 9.78. The van der Waals surface area contributed by atoms with Gasteiger partial charge in [-0.3, -0.25) is 4.79 Å². The fraction of sp³-hybridized carbons (Fsp3) is 0.667. The lowest BCUT2D eigenvalue weighted by Gasteiger charge is -2.03. The molecule has 0 aliphatic rings. The van der Waals surface area contributed by atoms with Crippen LogP contribution in [0, 0.1) is 5.92 Å². The highest BCUT2D eigenvalue weighted by Gasteiger charge is 1.99. The van der Waals surface area contributed by atoms with Crippen molar-refractivity contribution in [2.75, 3.05) is 13.2 Å². The maximum atomic E-state index is 10.4. The molecule has 0 saturated heterocycles. The molecule has 3 heteroatoms. The minimum Gasteiger partial charge on any atom is -0.464 e. The summed E-state index contributed by atoms with van der Waals surface area (Å²) in [6.07, 6.45) is 0. The molecule has 9 heavy (non-hydrogen) atoms. The van der Waals surface area contributed by atoms with Crippen LogP contribution in [0.1, 0.15) is 13.8 Å². The highest BCUT2D eigenvalue weighted by Crippen LogP contribution is 1.94. The Labute approximate surface area is 55.2 Å². The first-order valence-electron chi connectivity index (χ1n) is 2.81. The van der Waals surface area contributed by atoms with Crippen molar-refractivity contribution in [3.8, 4) is 0 Å². The molecular weight excluding hydrogens is 118 g/mol. The maximum Gasteiger partial charge on any atom is 0.319 e. The first-order valence-corrected chi connectivity index (χ1v) is 2.81. The van der Waals surface area contributed by atoms with Gasteiger partial charge in [0.1, 0.15) is 0 Å². The zero-order valence-electron chi connectivity index (χ0n) is 5.81. The van der Waals surface area contributed by atoms with Crippen molar-refractivity contribution in [1.82, 2.24) is 0 Å². The van der Waals surface area contributed by atoms with Crippen molar-refractivity contribution < 1.29 is 9.53 Å². The van der Waals surface area contributed by atoms with Gasteiger partial charge in [-0.25, -0.2) is 0 Å². The van der Waals surface area contributed by atoms with E-state index in [1.54, 1.807) is 0 Å². The number of carbonyl (C=O) groups excluding carboxylic acids is 1. The van der Waals surface area contributed by atoms with Crippen LogP contribution in [0.5, 0.6) is 0 Å². The third kappa shape index (κ3) is 5.30. The summed E-state index contributed by atoms with van der Waals surface area (Å²) < 4.78 is 4.65. The Morgan fingerprint density at radius 3 is 2.44 bits per heavy atom. The fourth-order valence-corrected chi connectivity index (χ4v) is 0.284. The molecule has 0 atom stereocenters. The Morgan fingerprint density at radius 2 is 2.11 bits per heavy atom. The predicted octanol–water partition coefficient (Wildman–Crippen LogP) is 0.103. The molecule has 0 spiro atoms. The molecule has 0 unspecified atom stereocenters. The predicted molar refractivity (Wildman–Crippen MR) is 34.6 cm³/mol. The highest BCUT2D eigenvalue weighted by molar-refractivity contribution is 5.71. The molecular formula is C6H12NO2. The van der Waals surface area contributed by atoms with Crippen LogP contribution in [-0.4, -0.2) is 19.1 Å². The summed E-state index contributed by atoms with van der Waals surface area (Å²) in [5, 5.41) is 0. The Kier molecular flexibility index (Phi) is 4.05. The van der Waals surface area contributed by atoms with Gasteiger partial charge in [-0.2, -0.15) is 0 Å². The van der Waals surface area contributed by atoms with E-state index >= 15 is 0 Å². The molecule has 3 nitrogen and oxygen atoms in total. The van der Waals surface area contributed by atoms with E-state index < -0.39 is 0 Å². The Hall–Kier alpha value is -0.570. The lowest BCUT2D eigenvalue weighted by molar-refractivity contribution is -0.141. The van der Waals surface area contributed by atoms with Crippen LogP contribution in [0.4, 0.5) is 0 Å². The van der Waals surface area contributed by atoms with Crippen molar-refractivity contribution in [3.63, 3.8) is 0 Å². The van der Waals surface area contributed by atoms with Crippen LogP contribution in [0.3, 0.4) is 0 Å². The molecule has 0 bridgehead atoms. The SMILES string of the molecule is C[C](C)COC(=O)CN. The molecule has 0 amide bonds. The Balaban J connectivity index is 3.17. The lowest BCUT2D eigenvalue weighted by Crippen LogP contribution is -2.18. The van der Waals surface area contributed by atoms with Crippen molar-refractivity contribution in [2.45, 2.75) is 13.8 Å². The van der Waals surface area contributed by atoms with Crippen LogP contribution < -0.4 is 5.73 Å². The summed E-state index contributed by atoms with van der Waals surface area (Å²) in [6, 6.07) is 0. The average Bonchev–Trinajstić information content (AvgIpc) is 1.83. The second-order valence-electron chi connectivity index (χ2n) is 2.07. The lowest BCUT2D eigenvalue weighted by atomic mass is 10.2. The Bertz CT molecular complexity index is 91.1. The largest absolute Gasteiger partial charge is 0.464 e. The van der Waals surface area contributed by atoms with Gasteiger partial charge in [-0.05, 0) is 0 Å². The molecule has 0 aromatic rings. The van der Waals surface area contributed by atoms with Gasteiger partial charge in [-0.15, -0.1) is 0 Å². The average molecular weight is 130 g/mol. The first kappa shape index (κ1) is 8.43. The first-order chi connectivity index (χ1) is 4.16. The molecule has 0 fully saturated rings. The quantitative estimate of drug-likeness (QED) is 0.551. The molecule has 2 N–H and O–H groups in total. The molecule has 0 aliphatic carbocycles. The summed E-state index contributed by atoms with van der Waals surface area (Å²) in [5.74, 6) is 0.716. The van der Waals surface area contributed by atoms with Gasteiger partial charge in [0, 0.05) is 5.92 Å². The zero-order valence-corrected chi connectivity index (χ0v) is 5.81. The van der Waals surface area contributed by atoms with Gasteiger partial charge in [0.2, 0.25) is 0 Å². The molecule has 0 aromatic heterocycles. The van der Waals surface area contributed by atoms with E-state index in [9.17, 15) is 4.79 Å². The van der Waals surface area contributed by atoms with Crippen LogP contribution in [-0.2, 0) is 9.53 Å². The van der Waals surface area contributed by atoms with Crippen molar-refractivity contribution in [2.24, 2.45) is 5.73 Å². The van der Waals surface area contributed by atoms with Crippen molar-refractivity contribution in [1.29, 1.82) is 0 Å². The monoisotopic (exact) mass is 130 g/mol. The molecule has 0 heterocycles. The number of nitrogens with two attached hydrogens (primary N) is 1. The van der Waals surface area contributed by atoms with E-state index in [1.165, 1.54) is 0 Å². The van der Waals surface area contributed by atoms with E-state index in [4.69, 9.17) is 5.73 Å².